The predicted molar refractivity (Wildman–Crippen MR) is 119 cm³/mol. The summed E-state index contributed by atoms with van der Waals surface area (Å²) >= 11 is 0. The Morgan fingerprint density at radius 2 is 1.70 bits per heavy atom. The van der Waals surface area contributed by atoms with Crippen molar-refractivity contribution in [3.8, 4) is 0 Å². The average molecular weight is 403 g/mol. The Kier molecular flexibility index (Phi) is 5.90. The highest BCUT2D eigenvalue weighted by molar-refractivity contribution is 6.04. The second kappa shape index (κ2) is 8.92. The van der Waals surface area contributed by atoms with Crippen LogP contribution in [0.4, 0.5) is 23.1 Å². The molecule has 0 saturated carbocycles. The van der Waals surface area contributed by atoms with E-state index in [-0.39, 0.29) is 5.91 Å². The van der Waals surface area contributed by atoms with Crippen LogP contribution in [0, 0.1) is 13.8 Å². The molecule has 0 spiro atoms. The van der Waals surface area contributed by atoms with E-state index in [1.807, 2.05) is 68.4 Å². The van der Waals surface area contributed by atoms with Gasteiger partial charge in [0.05, 0.1) is 13.2 Å². The number of hydrogen-bond acceptors (Lipinski definition) is 6. The highest BCUT2D eigenvalue weighted by atomic mass is 16.5. The first-order valence-electron chi connectivity index (χ1n) is 10.0. The van der Waals surface area contributed by atoms with Gasteiger partial charge in [-0.25, -0.2) is 4.98 Å². The lowest BCUT2D eigenvalue weighted by atomic mass is 10.1. The number of carbonyl (C=O) groups is 1. The summed E-state index contributed by atoms with van der Waals surface area (Å²) in [6, 6.07) is 17.0. The maximum absolute atomic E-state index is 12.4. The summed E-state index contributed by atoms with van der Waals surface area (Å²) < 4.78 is 5.41. The fraction of sp³-hybridized carbons (Fsp3) is 0.261. The molecule has 1 aliphatic rings. The molecule has 7 heteroatoms. The number of rotatable bonds is 5. The minimum absolute atomic E-state index is 0.124. The van der Waals surface area contributed by atoms with Crippen molar-refractivity contribution in [3.05, 3.63) is 71.4 Å². The number of anilines is 4. The van der Waals surface area contributed by atoms with E-state index in [1.54, 1.807) is 0 Å². The second-order valence-corrected chi connectivity index (χ2v) is 7.32. The van der Waals surface area contributed by atoms with Crippen LogP contribution in [0.5, 0.6) is 0 Å². The number of hydrogen-bond donors (Lipinski definition) is 2. The third-order valence-corrected chi connectivity index (χ3v) is 4.83. The molecule has 1 aromatic heterocycles. The van der Waals surface area contributed by atoms with Gasteiger partial charge in [-0.1, -0.05) is 17.7 Å². The molecule has 30 heavy (non-hydrogen) atoms. The summed E-state index contributed by atoms with van der Waals surface area (Å²) in [5.41, 5.74) is 4.22. The van der Waals surface area contributed by atoms with Crippen molar-refractivity contribution in [1.82, 2.24) is 9.97 Å². The molecule has 4 rings (SSSR count). The standard InChI is InChI=1S/C23H25N5O2/c1-16-4-3-5-18(14-16)22(29)26-20-8-6-19(7-9-20)25-21-15-17(2)24-23(27-21)28-10-12-30-13-11-28/h3-9,14-15H,10-13H2,1-2H3,(H,26,29)(H,24,25,27). The first-order chi connectivity index (χ1) is 14.6. The zero-order valence-electron chi connectivity index (χ0n) is 17.2. The fourth-order valence-corrected chi connectivity index (χ4v) is 3.30. The van der Waals surface area contributed by atoms with E-state index in [9.17, 15) is 4.79 Å². The van der Waals surface area contributed by atoms with Crippen LogP contribution in [0.3, 0.4) is 0 Å². The van der Waals surface area contributed by atoms with E-state index in [0.717, 1.165) is 41.5 Å². The second-order valence-electron chi connectivity index (χ2n) is 7.32. The van der Waals surface area contributed by atoms with E-state index >= 15 is 0 Å². The van der Waals surface area contributed by atoms with Crippen molar-refractivity contribution in [2.75, 3.05) is 41.8 Å². The van der Waals surface area contributed by atoms with Crippen LogP contribution in [-0.4, -0.2) is 42.2 Å². The zero-order chi connectivity index (χ0) is 20.9. The molecule has 1 saturated heterocycles. The van der Waals surface area contributed by atoms with Crippen LogP contribution in [-0.2, 0) is 4.74 Å². The molecule has 154 valence electrons. The Morgan fingerprint density at radius 3 is 2.43 bits per heavy atom. The highest BCUT2D eigenvalue weighted by Crippen LogP contribution is 2.21. The lowest BCUT2D eigenvalue weighted by Crippen LogP contribution is -2.37. The van der Waals surface area contributed by atoms with Gasteiger partial charge in [-0.15, -0.1) is 0 Å². The van der Waals surface area contributed by atoms with Gasteiger partial charge in [0.2, 0.25) is 5.95 Å². The highest BCUT2D eigenvalue weighted by Gasteiger charge is 2.15. The van der Waals surface area contributed by atoms with Crippen molar-refractivity contribution in [3.63, 3.8) is 0 Å². The number of ether oxygens (including phenoxy) is 1. The lowest BCUT2D eigenvalue weighted by molar-refractivity contribution is 0.102. The lowest BCUT2D eigenvalue weighted by Gasteiger charge is -2.27. The van der Waals surface area contributed by atoms with Gasteiger partial charge in [-0.05, 0) is 50.2 Å². The van der Waals surface area contributed by atoms with Crippen LogP contribution in [0.25, 0.3) is 0 Å². The molecule has 2 aromatic carbocycles. The Hall–Kier alpha value is -3.45. The van der Waals surface area contributed by atoms with Crippen LogP contribution < -0.4 is 15.5 Å². The smallest absolute Gasteiger partial charge is 0.255 e. The molecule has 3 aromatic rings. The molecule has 0 radical (unpaired) electrons. The maximum atomic E-state index is 12.4. The Morgan fingerprint density at radius 1 is 0.967 bits per heavy atom. The molecule has 0 atom stereocenters. The number of nitrogens with zero attached hydrogens (tertiary/aromatic N) is 3. The predicted octanol–water partition coefficient (Wildman–Crippen LogP) is 3.93. The summed E-state index contributed by atoms with van der Waals surface area (Å²) in [5, 5.41) is 6.25. The summed E-state index contributed by atoms with van der Waals surface area (Å²) in [6.07, 6.45) is 0. The molecule has 0 unspecified atom stereocenters. The monoisotopic (exact) mass is 403 g/mol. The van der Waals surface area contributed by atoms with Gasteiger partial charge in [-0.2, -0.15) is 4.98 Å². The summed E-state index contributed by atoms with van der Waals surface area (Å²) in [4.78, 5) is 23.7. The van der Waals surface area contributed by atoms with Crippen molar-refractivity contribution in [2.45, 2.75) is 13.8 Å². The molecular weight excluding hydrogens is 378 g/mol. The van der Waals surface area contributed by atoms with Gasteiger partial charge in [-0.3, -0.25) is 4.79 Å². The third kappa shape index (κ3) is 4.93. The third-order valence-electron chi connectivity index (χ3n) is 4.83. The van der Waals surface area contributed by atoms with E-state index in [1.165, 1.54) is 0 Å². The molecular formula is C23H25N5O2. The van der Waals surface area contributed by atoms with Crippen molar-refractivity contribution in [2.24, 2.45) is 0 Å². The quantitative estimate of drug-likeness (QED) is 0.672. The number of nitrogens with one attached hydrogen (secondary N) is 2. The summed E-state index contributed by atoms with van der Waals surface area (Å²) in [6.45, 7) is 6.89. The normalized spacial score (nSPS) is 13.7. The van der Waals surface area contributed by atoms with Gasteiger partial charge in [0, 0.05) is 41.8 Å². The minimum atomic E-state index is -0.124. The van der Waals surface area contributed by atoms with Crippen molar-refractivity contribution >= 4 is 29.0 Å². The van der Waals surface area contributed by atoms with Gasteiger partial charge >= 0.3 is 0 Å². The van der Waals surface area contributed by atoms with Gasteiger partial charge in [0.1, 0.15) is 5.82 Å². The van der Waals surface area contributed by atoms with Crippen LogP contribution in [0.15, 0.2) is 54.6 Å². The van der Waals surface area contributed by atoms with E-state index < -0.39 is 0 Å². The van der Waals surface area contributed by atoms with E-state index in [2.05, 4.69) is 25.5 Å². The van der Waals surface area contributed by atoms with Crippen molar-refractivity contribution < 1.29 is 9.53 Å². The topological polar surface area (TPSA) is 79.4 Å². The maximum Gasteiger partial charge on any atom is 0.255 e. The van der Waals surface area contributed by atoms with Crippen LogP contribution >= 0.6 is 0 Å². The largest absolute Gasteiger partial charge is 0.378 e. The molecule has 1 fully saturated rings. The van der Waals surface area contributed by atoms with Gasteiger partial charge in [0.15, 0.2) is 0 Å². The SMILES string of the molecule is Cc1cccc(C(=O)Nc2ccc(Nc3cc(C)nc(N4CCOCC4)n3)cc2)c1. The molecule has 0 aliphatic carbocycles. The minimum Gasteiger partial charge on any atom is -0.378 e. The molecule has 1 aliphatic heterocycles. The molecule has 0 bridgehead atoms. The molecule has 2 N–H and O–H groups in total. The van der Waals surface area contributed by atoms with Gasteiger partial charge < -0.3 is 20.3 Å². The summed E-state index contributed by atoms with van der Waals surface area (Å²) in [7, 11) is 0. The van der Waals surface area contributed by atoms with Gasteiger partial charge in [0.25, 0.3) is 5.91 Å². The Bertz CT molecular complexity index is 1030. The Labute approximate surface area is 176 Å². The average Bonchev–Trinajstić information content (AvgIpc) is 2.75. The molecule has 1 amide bonds. The van der Waals surface area contributed by atoms with E-state index in [4.69, 9.17) is 4.74 Å². The van der Waals surface area contributed by atoms with Crippen LogP contribution in [0.1, 0.15) is 21.6 Å². The molecule has 7 nitrogen and oxygen atoms in total. The first-order valence-corrected chi connectivity index (χ1v) is 10.0. The first kappa shape index (κ1) is 19.8. The number of amides is 1. The Balaban J connectivity index is 1.43. The molecule has 2 heterocycles. The number of benzene rings is 2. The zero-order valence-corrected chi connectivity index (χ0v) is 17.2. The van der Waals surface area contributed by atoms with E-state index in [0.29, 0.717) is 24.7 Å². The van der Waals surface area contributed by atoms with Crippen molar-refractivity contribution in [1.29, 1.82) is 0 Å². The number of aryl methyl sites for hydroxylation is 2. The fourth-order valence-electron chi connectivity index (χ4n) is 3.30. The number of aromatic nitrogens is 2. The summed E-state index contributed by atoms with van der Waals surface area (Å²) in [5.74, 6) is 1.32. The van der Waals surface area contributed by atoms with Crippen LogP contribution in [0.2, 0.25) is 0 Å². The number of morpholine rings is 1. The number of carbonyl (C=O) groups excluding carboxylic acids is 1.